The predicted octanol–water partition coefficient (Wildman–Crippen LogP) is 1.95. The molecule has 2 heterocycles. The quantitative estimate of drug-likeness (QED) is 0.905. The van der Waals surface area contributed by atoms with Gasteiger partial charge in [0.1, 0.15) is 17.4 Å². The molecule has 2 aromatic rings. The second-order valence-electron chi connectivity index (χ2n) is 4.07. The van der Waals surface area contributed by atoms with Crippen molar-refractivity contribution in [2.45, 2.75) is 13.0 Å². The number of rotatable bonds is 5. The Bertz CT molecular complexity index is 557. The van der Waals surface area contributed by atoms with E-state index >= 15 is 0 Å². The first-order chi connectivity index (χ1) is 9.36. The van der Waals surface area contributed by atoms with Crippen molar-refractivity contribution in [3.8, 4) is 17.2 Å². The summed E-state index contributed by atoms with van der Waals surface area (Å²) in [6, 6.07) is 3.80. The van der Waals surface area contributed by atoms with Crippen LogP contribution in [0.15, 0.2) is 23.7 Å². The molecule has 1 aromatic heterocycles. The molecule has 0 saturated heterocycles. The average Bonchev–Trinajstić information content (AvgIpc) is 3.07. The Labute approximate surface area is 114 Å². The average molecular weight is 278 g/mol. The van der Waals surface area contributed by atoms with Crippen LogP contribution < -0.4 is 19.9 Å². The molecule has 100 valence electrons. The van der Waals surface area contributed by atoms with Crippen molar-refractivity contribution in [1.82, 2.24) is 4.98 Å². The van der Waals surface area contributed by atoms with Gasteiger partial charge in [-0.2, -0.15) is 0 Å². The second kappa shape index (κ2) is 5.46. The fraction of sp³-hybridized carbons (Fsp3) is 0.308. The molecule has 1 aromatic carbocycles. The lowest BCUT2D eigenvalue weighted by atomic mass is 10.1. The zero-order valence-corrected chi connectivity index (χ0v) is 11.1. The molecule has 0 saturated carbocycles. The summed E-state index contributed by atoms with van der Waals surface area (Å²) in [6.45, 7) is 1.27. The lowest BCUT2D eigenvalue weighted by molar-refractivity contribution is 0.173. The number of ether oxygens (including phenoxy) is 3. The molecule has 5 nitrogen and oxygen atoms in total. The Morgan fingerprint density at radius 1 is 1.32 bits per heavy atom. The van der Waals surface area contributed by atoms with E-state index in [0.717, 1.165) is 34.2 Å². The lowest BCUT2D eigenvalue weighted by Crippen LogP contribution is -2.05. The molecule has 3 rings (SSSR count). The van der Waals surface area contributed by atoms with Crippen LogP contribution in [0.4, 0.5) is 0 Å². The van der Waals surface area contributed by atoms with E-state index in [1.165, 1.54) is 0 Å². The largest absolute Gasteiger partial charge is 0.486 e. The van der Waals surface area contributed by atoms with Gasteiger partial charge in [0.15, 0.2) is 11.5 Å². The topological polar surface area (TPSA) is 66.6 Å². The molecule has 19 heavy (non-hydrogen) atoms. The molecule has 0 atom stereocenters. The van der Waals surface area contributed by atoms with E-state index < -0.39 is 0 Å². The number of thiazole rings is 1. The van der Waals surface area contributed by atoms with E-state index in [2.05, 4.69) is 4.98 Å². The second-order valence-corrected chi connectivity index (χ2v) is 5.05. The van der Waals surface area contributed by atoms with Crippen molar-refractivity contribution >= 4 is 11.3 Å². The van der Waals surface area contributed by atoms with Crippen molar-refractivity contribution in [3.05, 3.63) is 34.3 Å². The van der Waals surface area contributed by atoms with E-state index in [-0.39, 0.29) is 6.79 Å². The Morgan fingerprint density at radius 3 is 2.89 bits per heavy atom. The first-order valence-corrected chi connectivity index (χ1v) is 6.88. The molecule has 1 aliphatic rings. The monoisotopic (exact) mass is 278 g/mol. The van der Waals surface area contributed by atoms with Gasteiger partial charge in [0.25, 0.3) is 0 Å². The van der Waals surface area contributed by atoms with Crippen molar-refractivity contribution in [3.63, 3.8) is 0 Å². The van der Waals surface area contributed by atoms with Gasteiger partial charge >= 0.3 is 0 Å². The van der Waals surface area contributed by atoms with E-state index in [1.54, 1.807) is 17.5 Å². The van der Waals surface area contributed by atoms with Gasteiger partial charge in [-0.1, -0.05) is 0 Å². The van der Waals surface area contributed by atoms with Crippen LogP contribution in [0.5, 0.6) is 17.2 Å². The van der Waals surface area contributed by atoms with E-state index in [1.807, 2.05) is 17.5 Å². The predicted molar refractivity (Wildman–Crippen MR) is 71.8 cm³/mol. The minimum Gasteiger partial charge on any atom is -0.486 e. The summed E-state index contributed by atoms with van der Waals surface area (Å²) in [4.78, 5) is 4.19. The van der Waals surface area contributed by atoms with Crippen LogP contribution in [-0.2, 0) is 13.0 Å². The maximum absolute atomic E-state index is 5.82. The van der Waals surface area contributed by atoms with E-state index in [9.17, 15) is 0 Å². The first kappa shape index (κ1) is 12.3. The molecule has 0 radical (unpaired) electrons. The smallest absolute Gasteiger partial charge is 0.231 e. The van der Waals surface area contributed by atoms with Gasteiger partial charge in [0.05, 0.1) is 0 Å². The third-order valence-electron chi connectivity index (χ3n) is 2.80. The number of hydrogen-bond donors (Lipinski definition) is 1. The molecule has 0 bridgehead atoms. The maximum Gasteiger partial charge on any atom is 0.231 e. The van der Waals surface area contributed by atoms with Gasteiger partial charge < -0.3 is 19.9 Å². The first-order valence-electron chi connectivity index (χ1n) is 6.00. The Morgan fingerprint density at radius 2 is 2.16 bits per heavy atom. The van der Waals surface area contributed by atoms with Crippen molar-refractivity contribution < 1.29 is 14.2 Å². The Kier molecular flexibility index (Phi) is 3.52. The lowest BCUT2D eigenvalue weighted by Gasteiger charge is -2.11. The summed E-state index contributed by atoms with van der Waals surface area (Å²) in [5.41, 5.74) is 6.66. The maximum atomic E-state index is 5.82. The summed E-state index contributed by atoms with van der Waals surface area (Å²) in [5.74, 6) is 2.25. The number of nitrogens with zero attached hydrogens (tertiary/aromatic N) is 1. The fourth-order valence-corrected chi connectivity index (χ4v) is 2.44. The number of hydrogen-bond acceptors (Lipinski definition) is 6. The van der Waals surface area contributed by atoms with E-state index in [0.29, 0.717) is 13.2 Å². The normalized spacial score (nSPS) is 12.7. The third-order valence-corrected chi connectivity index (χ3v) is 3.56. The van der Waals surface area contributed by atoms with Crippen molar-refractivity contribution in [2.75, 3.05) is 13.3 Å². The van der Waals surface area contributed by atoms with Crippen LogP contribution in [0.1, 0.15) is 10.6 Å². The summed E-state index contributed by atoms with van der Waals surface area (Å²) in [7, 11) is 0. The Balaban J connectivity index is 1.82. The molecule has 2 N–H and O–H groups in total. The highest BCUT2D eigenvalue weighted by molar-refractivity contribution is 7.09. The molecule has 0 fully saturated rings. The fourth-order valence-electron chi connectivity index (χ4n) is 1.91. The van der Waals surface area contributed by atoms with Crippen LogP contribution in [0, 0.1) is 0 Å². The van der Waals surface area contributed by atoms with Crippen molar-refractivity contribution in [2.24, 2.45) is 5.73 Å². The highest BCUT2D eigenvalue weighted by Gasteiger charge is 2.18. The molecule has 0 spiro atoms. The van der Waals surface area contributed by atoms with E-state index in [4.69, 9.17) is 19.9 Å². The van der Waals surface area contributed by atoms with Gasteiger partial charge in [-0.25, -0.2) is 4.98 Å². The van der Waals surface area contributed by atoms with Crippen molar-refractivity contribution in [1.29, 1.82) is 0 Å². The Hall–Kier alpha value is -1.79. The molecule has 0 amide bonds. The van der Waals surface area contributed by atoms with Crippen LogP contribution in [0.2, 0.25) is 0 Å². The highest BCUT2D eigenvalue weighted by Crippen LogP contribution is 2.38. The summed E-state index contributed by atoms with van der Waals surface area (Å²) in [5, 5.41) is 2.87. The molecular formula is C13H14N2O3S. The SMILES string of the molecule is NCCc1cc2c(cc1OCc1nccs1)OCO2. The molecule has 0 unspecified atom stereocenters. The molecule has 1 aliphatic heterocycles. The number of benzene rings is 1. The minimum absolute atomic E-state index is 0.257. The highest BCUT2D eigenvalue weighted by atomic mass is 32.1. The van der Waals surface area contributed by atoms with Crippen LogP contribution >= 0.6 is 11.3 Å². The number of nitrogens with two attached hydrogens (primary N) is 1. The molecular weight excluding hydrogens is 264 g/mol. The van der Waals surface area contributed by atoms with Gasteiger partial charge in [0, 0.05) is 17.6 Å². The summed E-state index contributed by atoms with van der Waals surface area (Å²) >= 11 is 1.57. The van der Waals surface area contributed by atoms with Crippen LogP contribution in [-0.4, -0.2) is 18.3 Å². The minimum atomic E-state index is 0.257. The molecule has 0 aliphatic carbocycles. The standard InChI is InChI=1S/C13H14N2O3S/c14-2-1-9-5-11-12(18-8-17-11)6-10(9)16-7-13-15-3-4-19-13/h3-6H,1-2,7-8,14H2. The van der Waals surface area contributed by atoms with Gasteiger partial charge in [-0.15, -0.1) is 11.3 Å². The zero-order valence-electron chi connectivity index (χ0n) is 10.3. The summed E-state index contributed by atoms with van der Waals surface area (Å²) < 4.78 is 16.5. The van der Waals surface area contributed by atoms with Gasteiger partial charge in [0.2, 0.25) is 6.79 Å². The van der Waals surface area contributed by atoms with Crippen LogP contribution in [0.3, 0.4) is 0 Å². The summed E-state index contributed by atoms with van der Waals surface area (Å²) in [6.07, 6.45) is 2.51. The third kappa shape index (κ3) is 2.64. The van der Waals surface area contributed by atoms with Gasteiger partial charge in [-0.05, 0) is 24.6 Å². The number of fused-ring (bicyclic) bond motifs is 1. The number of aromatic nitrogens is 1. The van der Waals surface area contributed by atoms with Gasteiger partial charge in [-0.3, -0.25) is 0 Å². The van der Waals surface area contributed by atoms with Crippen LogP contribution in [0.25, 0.3) is 0 Å². The molecule has 6 heteroatoms. The zero-order chi connectivity index (χ0) is 13.1.